The highest BCUT2D eigenvalue weighted by molar-refractivity contribution is 5.64. The van der Waals surface area contributed by atoms with Crippen LogP contribution in [0.15, 0.2) is 48.5 Å². The van der Waals surface area contributed by atoms with E-state index in [1.165, 1.54) is 24.3 Å². The van der Waals surface area contributed by atoms with Gasteiger partial charge in [0.05, 0.1) is 19.6 Å². The highest BCUT2D eigenvalue weighted by Gasteiger charge is 2.43. The largest absolute Gasteiger partial charge is 0.414 e. The standard InChI is InChI=1S/C24H31F2N3O/c1-17-16-29(3,24(27)30)18(2)15-28(17)14-4-5-23(19-6-10-21(25)11-7-19)20-8-12-22(26)13-9-20/h6-13,17-18,23H,4-5,14-16H2,1-3H3,(H-,27,30)/p+1/t17?,18-,29-/m1/s1. The Balaban J connectivity index is 1.68. The molecule has 1 unspecified atom stereocenters. The van der Waals surface area contributed by atoms with Crippen LogP contribution in [0.3, 0.4) is 0 Å². The van der Waals surface area contributed by atoms with Crippen molar-refractivity contribution in [3.8, 4) is 0 Å². The third-order valence-corrected chi connectivity index (χ3v) is 6.72. The first kappa shape index (κ1) is 22.4. The van der Waals surface area contributed by atoms with E-state index in [0.29, 0.717) is 6.54 Å². The van der Waals surface area contributed by atoms with E-state index in [1.54, 1.807) is 0 Å². The van der Waals surface area contributed by atoms with Gasteiger partial charge in [0.25, 0.3) is 0 Å². The van der Waals surface area contributed by atoms with Gasteiger partial charge in [-0.15, -0.1) is 0 Å². The van der Waals surface area contributed by atoms with E-state index in [9.17, 15) is 13.6 Å². The Hall–Kier alpha value is -2.31. The van der Waals surface area contributed by atoms with Crippen LogP contribution in [-0.2, 0) is 0 Å². The Morgan fingerprint density at radius 3 is 2.03 bits per heavy atom. The number of benzene rings is 2. The summed E-state index contributed by atoms with van der Waals surface area (Å²) in [4.78, 5) is 14.3. The van der Waals surface area contributed by atoms with Crippen LogP contribution in [0.25, 0.3) is 0 Å². The fraction of sp³-hybridized carbons (Fsp3) is 0.458. The van der Waals surface area contributed by atoms with Crippen molar-refractivity contribution in [1.82, 2.24) is 4.90 Å². The minimum absolute atomic E-state index is 0.0791. The molecule has 0 spiro atoms. The highest BCUT2D eigenvalue weighted by Crippen LogP contribution is 2.30. The molecule has 2 amide bonds. The second kappa shape index (κ2) is 9.23. The molecule has 1 fully saturated rings. The summed E-state index contributed by atoms with van der Waals surface area (Å²) in [6, 6.07) is 13.3. The molecule has 0 saturated carbocycles. The number of hydrogen-bond donors (Lipinski definition) is 1. The molecule has 1 saturated heterocycles. The summed E-state index contributed by atoms with van der Waals surface area (Å²) >= 11 is 0. The van der Waals surface area contributed by atoms with E-state index in [1.807, 2.05) is 31.3 Å². The SMILES string of the molecule is CC1C[N@@+](C)(C(N)=O)[C@H](C)CN1CCCC(c1ccc(F)cc1)c1ccc(F)cc1. The van der Waals surface area contributed by atoms with Crippen LogP contribution in [0.2, 0.25) is 0 Å². The summed E-state index contributed by atoms with van der Waals surface area (Å²) in [5.41, 5.74) is 7.71. The van der Waals surface area contributed by atoms with Gasteiger partial charge in [-0.1, -0.05) is 24.3 Å². The van der Waals surface area contributed by atoms with E-state index >= 15 is 0 Å². The number of urea groups is 1. The van der Waals surface area contributed by atoms with E-state index in [2.05, 4.69) is 18.7 Å². The molecule has 0 bridgehead atoms. The molecule has 3 atom stereocenters. The van der Waals surface area contributed by atoms with Crippen molar-refractivity contribution in [2.45, 2.75) is 44.7 Å². The minimum atomic E-state index is -0.276. The Bertz CT molecular complexity index is 810. The summed E-state index contributed by atoms with van der Waals surface area (Å²) in [5.74, 6) is -0.442. The maximum absolute atomic E-state index is 13.4. The average molecular weight is 417 g/mol. The molecule has 30 heavy (non-hydrogen) atoms. The fourth-order valence-electron chi connectivity index (χ4n) is 4.58. The first-order valence-electron chi connectivity index (χ1n) is 10.6. The number of quaternary nitrogens is 1. The minimum Gasteiger partial charge on any atom is -0.319 e. The fourth-order valence-corrected chi connectivity index (χ4v) is 4.58. The lowest BCUT2D eigenvalue weighted by Gasteiger charge is -2.47. The lowest BCUT2D eigenvalue weighted by atomic mass is 9.87. The number of nitrogens with two attached hydrogens (primary N) is 1. The number of nitrogens with zero attached hydrogens (tertiary/aromatic N) is 2. The molecule has 2 aromatic rings. The first-order chi connectivity index (χ1) is 14.2. The van der Waals surface area contributed by atoms with Gasteiger partial charge in [0.2, 0.25) is 0 Å². The van der Waals surface area contributed by atoms with E-state index in [-0.39, 0.29) is 40.2 Å². The van der Waals surface area contributed by atoms with Gasteiger partial charge < -0.3 is 5.73 Å². The monoisotopic (exact) mass is 416 g/mol. The van der Waals surface area contributed by atoms with Gasteiger partial charge in [0.15, 0.2) is 0 Å². The topological polar surface area (TPSA) is 46.3 Å². The number of halogens is 2. The smallest absolute Gasteiger partial charge is 0.319 e. The molecule has 1 heterocycles. The number of likely N-dealkylation sites (N-methyl/N-ethyl adjacent to an activating group) is 1. The number of carbonyl (C=O) groups is 1. The zero-order chi connectivity index (χ0) is 21.9. The molecule has 0 aromatic heterocycles. The first-order valence-corrected chi connectivity index (χ1v) is 10.6. The molecule has 2 N–H and O–H groups in total. The molecule has 162 valence electrons. The van der Waals surface area contributed by atoms with E-state index in [4.69, 9.17) is 5.73 Å². The van der Waals surface area contributed by atoms with Crippen molar-refractivity contribution < 1.29 is 18.1 Å². The molecular formula is C24H32F2N3O+. The maximum Gasteiger partial charge on any atom is 0.414 e. The van der Waals surface area contributed by atoms with Crippen molar-refractivity contribution in [2.75, 3.05) is 26.7 Å². The summed E-state index contributed by atoms with van der Waals surface area (Å²) in [5, 5.41) is 0. The van der Waals surface area contributed by atoms with Crippen LogP contribution in [0, 0.1) is 11.6 Å². The zero-order valence-electron chi connectivity index (χ0n) is 18.0. The highest BCUT2D eigenvalue weighted by atomic mass is 19.1. The number of primary amides is 1. The van der Waals surface area contributed by atoms with Crippen molar-refractivity contribution in [3.63, 3.8) is 0 Å². The third-order valence-electron chi connectivity index (χ3n) is 6.72. The molecule has 2 aromatic carbocycles. The second-order valence-electron chi connectivity index (χ2n) is 8.78. The molecule has 0 aliphatic carbocycles. The summed E-state index contributed by atoms with van der Waals surface area (Å²) in [7, 11) is 1.92. The molecule has 0 radical (unpaired) electrons. The Morgan fingerprint density at radius 2 is 1.57 bits per heavy atom. The number of piperazine rings is 1. The predicted molar refractivity (Wildman–Crippen MR) is 115 cm³/mol. The van der Waals surface area contributed by atoms with E-state index < -0.39 is 0 Å². The number of amides is 2. The van der Waals surface area contributed by atoms with Gasteiger partial charge >= 0.3 is 6.03 Å². The van der Waals surface area contributed by atoms with Crippen molar-refractivity contribution in [2.24, 2.45) is 5.73 Å². The molecule has 1 aliphatic heterocycles. The van der Waals surface area contributed by atoms with Crippen LogP contribution in [0.5, 0.6) is 0 Å². The Kier molecular flexibility index (Phi) is 6.88. The van der Waals surface area contributed by atoms with Crippen molar-refractivity contribution in [3.05, 3.63) is 71.3 Å². The number of carbonyl (C=O) groups excluding carboxylic acids is 1. The molecule has 1 aliphatic rings. The second-order valence-corrected chi connectivity index (χ2v) is 8.78. The van der Waals surface area contributed by atoms with Gasteiger partial charge in [0.1, 0.15) is 24.2 Å². The number of rotatable bonds is 6. The van der Waals surface area contributed by atoms with Crippen molar-refractivity contribution >= 4 is 6.03 Å². The van der Waals surface area contributed by atoms with Gasteiger partial charge in [-0.05, 0) is 68.6 Å². The van der Waals surface area contributed by atoms with Gasteiger partial charge in [0, 0.05) is 5.92 Å². The van der Waals surface area contributed by atoms with Gasteiger partial charge in [-0.2, -0.15) is 0 Å². The lowest BCUT2D eigenvalue weighted by molar-refractivity contribution is -0.862. The predicted octanol–water partition coefficient (Wildman–Crippen LogP) is 4.49. The van der Waals surface area contributed by atoms with E-state index in [0.717, 1.165) is 37.1 Å². The van der Waals surface area contributed by atoms with Crippen molar-refractivity contribution in [1.29, 1.82) is 0 Å². The Labute approximate surface area is 177 Å². The molecule has 4 nitrogen and oxygen atoms in total. The quantitative estimate of drug-likeness (QED) is 0.705. The van der Waals surface area contributed by atoms with Crippen LogP contribution in [0.4, 0.5) is 13.6 Å². The molecule has 3 rings (SSSR count). The lowest BCUT2D eigenvalue weighted by Crippen LogP contribution is -2.69. The third kappa shape index (κ3) is 4.87. The van der Waals surface area contributed by atoms with Crippen LogP contribution in [0.1, 0.15) is 43.7 Å². The number of hydrogen-bond acceptors (Lipinski definition) is 2. The molecule has 6 heteroatoms. The maximum atomic E-state index is 13.4. The summed E-state index contributed by atoms with van der Waals surface area (Å²) < 4.78 is 27.1. The van der Waals surface area contributed by atoms with Crippen LogP contribution < -0.4 is 5.73 Å². The van der Waals surface area contributed by atoms with Gasteiger partial charge in [-0.3, -0.25) is 4.90 Å². The van der Waals surface area contributed by atoms with Gasteiger partial charge in [-0.25, -0.2) is 18.1 Å². The van der Waals surface area contributed by atoms with Crippen LogP contribution >= 0.6 is 0 Å². The normalized spacial score (nSPS) is 24.9. The zero-order valence-corrected chi connectivity index (χ0v) is 18.0. The summed E-state index contributed by atoms with van der Waals surface area (Å²) in [6.45, 7) is 6.64. The summed E-state index contributed by atoms with van der Waals surface area (Å²) in [6.07, 6.45) is 1.81. The average Bonchev–Trinajstić information content (AvgIpc) is 2.70. The van der Waals surface area contributed by atoms with Crippen LogP contribution in [-0.4, -0.2) is 54.2 Å². The molecular weight excluding hydrogens is 384 g/mol. The Morgan fingerprint density at radius 1 is 1.07 bits per heavy atom.